The van der Waals surface area contributed by atoms with Gasteiger partial charge in [-0.1, -0.05) is 12.8 Å². The molecule has 5 nitrogen and oxygen atoms in total. The lowest BCUT2D eigenvalue weighted by Crippen LogP contribution is -2.27. The molecule has 0 amide bonds. The van der Waals surface area contributed by atoms with E-state index in [1.807, 2.05) is 0 Å². The maximum absolute atomic E-state index is 10.1. The average Bonchev–Trinajstić information content (AvgIpc) is 2.54. The number of hydrogen-bond donors (Lipinski definition) is 1. The van der Waals surface area contributed by atoms with Gasteiger partial charge in [-0.3, -0.25) is 4.18 Å². The van der Waals surface area contributed by atoms with Crippen LogP contribution in [0.2, 0.25) is 0 Å². The van der Waals surface area contributed by atoms with Gasteiger partial charge >= 0.3 is 0 Å². The maximum atomic E-state index is 10.1. The van der Waals surface area contributed by atoms with Crippen LogP contribution < -0.4 is 5.32 Å². The summed E-state index contributed by atoms with van der Waals surface area (Å²) in [5.41, 5.74) is 0. The quantitative estimate of drug-likeness (QED) is 0.399. The number of rotatable bonds is 6. The van der Waals surface area contributed by atoms with Crippen molar-refractivity contribution in [3.05, 3.63) is 0 Å². The molecule has 0 aromatic heterocycles. The van der Waals surface area contributed by atoms with E-state index in [1.54, 1.807) is 0 Å². The van der Waals surface area contributed by atoms with Crippen LogP contribution in [0.5, 0.6) is 0 Å². The highest BCUT2D eigenvalue weighted by Crippen LogP contribution is 2.17. The predicted molar refractivity (Wildman–Crippen MR) is 50.5 cm³/mol. The summed E-state index contributed by atoms with van der Waals surface area (Å²) in [6, 6.07) is 0.568. The van der Waals surface area contributed by atoms with Crippen molar-refractivity contribution < 1.29 is 17.2 Å². The first kappa shape index (κ1) is 11.9. The second-order valence-corrected chi connectivity index (χ2v) is 4.57. The van der Waals surface area contributed by atoms with Crippen LogP contribution in [-0.2, 0) is 14.6 Å². The Labute approximate surface area is 84.8 Å². The van der Waals surface area contributed by atoms with Crippen LogP contribution in [0.4, 0.5) is 0 Å². The first-order chi connectivity index (χ1) is 6.58. The summed E-state index contributed by atoms with van der Waals surface area (Å²) in [6.45, 7) is 0.686. The topological polar surface area (TPSA) is 78.5 Å². The van der Waals surface area contributed by atoms with Crippen molar-refractivity contribution in [2.45, 2.75) is 38.1 Å². The minimum Gasteiger partial charge on any atom is -0.726 e. The normalized spacial score (nSPS) is 18.9. The third-order valence-corrected chi connectivity index (χ3v) is 2.79. The Kier molecular flexibility index (Phi) is 4.80. The van der Waals surface area contributed by atoms with Gasteiger partial charge in [0.25, 0.3) is 0 Å². The summed E-state index contributed by atoms with van der Waals surface area (Å²) in [5.74, 6) is 0. The standard InChI is InChI=1S/C8H17NO4S/c10-14(11,12)13-7-3-6-9-8-4-1-2-5-8/h8-9H,1-7H2,(H,10,11,12)/p-1. The summed E-state index contributed by atoms with van der Waals surface area (Å²) in [5, 5.41) is 3.29. The van der Waals surface area contributed by atoms with Crippen molar-refractivity contribution in [2.24, 2.45) is 0 Å². The van der Waals surface area contributed by atoms with E-state index >= 15 is 0 Å². The molecule has 14 heavy (non-hydrogen) atoms. The highest BCUT2D eigenvalue weighted by Gasteiger charge is 2.13. The van der Waals surface area contributed by atoms with Crippen molar-refractivity contribution >= 4 is 10.4 Å². The van der Waals surface area contributed by atoms with Crippen LogP contribution in [0.3, 0.4) is 0 Å². The Balaban J connectivity index is 1.94. The number of nitrogens with one attached hydrogen (secondary N) is 1. The van der Waals surface area contributed by atoms with Gasteiger partial charge < -0.3 is 9.87 Å². The van der Waals surface area contributed by atoms with Gasteiger partial charge in [0.05, 0.1) is 6.61 Å². The van der Waals surface area contributed by atoms with E-state index in [-0.39, 0.29) is 6.61 Å². The second kappa shape index (κ2) is 5.65. The van der Waals surface area contributed by atoms with Crippen LogP contribution in [0, 0.1) is 0 Å². The summed E-state index contributed by atoms with van der Waals surface area (Å²) < 4.78 is 34.2. The fraction of sp³-hybridized carbons (Fsp3) is 1.00. The molecule has 0 radical (unpaired) electrons. The van der Waals surface area contributed by atoms with Gasteiger partial charge in [0.2, 0.25) is 10.4 Å². The molecule has 0 heterocycles. The molecule has 6 heteroatoms. The van der Waals surface area contributed by atoms with Gasteiger partial charge in [-0.05, 0) is 25.8 Å². The van der Waals surface area contributed by atoms with Gasteiger partial charge in [0.15, 0.2) is 0 Å². The maximum Gasteiger partial charge on any atom is 0.217 e. The van der Waals surface area contributed by atoms with E-state index in [0.29, 0.717) is 19.0 Å². The second-order valence-electron chi connectivity index (χ2n) is 3.52. The first-order valence-corrected chi connectivity index (χ1v) is 6.25. The minimum atomic E-state index is -4.50. The minimum absolute atomic E-state index is 0.0223. The highest BCUT2D eigenvalue weighted by molar-refractivity contribution is 7.80. The molecular formula is C8H16NO4S-. The summed E-state index contributed by atoms with van der Waals surface area (Å²) in [4.78, 5) is 0. The van der Waals surface area contributed by atoms with Crippen molar-refractivity contribution in [3.8, 4) is 0 Å². The smallest absolute Gasteiger partial charge is 0.217 e. The van der Waals surface area contributed by atoms with Gasteiger partial charge in [0.1, 0.15) is 0 Å². The van der Waals surface area contributed by atoms with Crippen molar-refractivity contribution in [2.75, 3.05) is 13.2 Å². The molecule has 0 aliphatic heterocycles. The van der Waals surface area contributed by atoms with Gasteiger partial charge in [-0.15, -0.1) is 0 Å². The van der Waals surface area contributed by atoms with Crippen LogP contribution in [0.1, 0.15) is 32.1 Å². The van der Waals surface area contributed by atoms with Gasteiger partial charge in [-0.2, -0.15) is 0 Å². The molecule has 84 valence electrons. The zero-order valence-corrected chi connectivity index (χ0v) is 8.88. The molecule has 0 saturated heterocycles. The average molecular weight is 222 g/mol. The molecule has 0 atom stereocenters. The fourth-order valence-electron chi connectivity index (χ4n) is 1.67. The molecular weight excluding hydrogens is 206 g/mol. The van der Waals surface area contributed by atoms with E-state index in [2.05, 4.69) is 9.50 Å². The van der Waals surface area contributed by atoms with Crippen LogP contribution >= 0.6 is 0 Å². The Morgan fingerprint density at radius 1 is 1.36 bits per heavy atom. The van der Waals surface area contributed by atoms with E-state index in [4.69, 9.17) is 0 Å². The largest absolute Gasteiger partial charge is 0.726 e. The van der Waals surface area contributed by atoms with E-state index in [9.17, 15) is 13.0 Å². The molecule has 1 aliphatic carbocycles. The molecule has 1 rings (SSSR count). The van der Waals surface area contributed by atoms with Crippen LogP contribution in [0.15, 0.2) is 0 Å². The molecule has 0 aromatic rings. The Morgan fingerprint density at radius 2 is 2.00 bits per heavy atom. The van der Waals surface area contributed by atoms with E-state index in [0.717, 1.165) is 0 Å². The monoisotopic (exact) mass is 222 g/mol. The molecule has 0 aromatic carbocycles. The Bertz CT molecular complexity index is 246. The number of hydrogen-bond acceptors (Lipinski definition) is 5. The van der Waals surface area contributed by atoms with Crippen molar-refractivity contribution in [1.29, 1.82) is 0 Å². The molecule has 1 N–H and O–H groups in total. The molecule has 1 fully saturated rings. The molecule has 0 spiro atoms. The molecule has 1 aliphatic rings. The SMILES string of the molecule is O=S(=O)([O-])OCCCNC1CCCC1. The lowest BCUT2D eigenvalue weighted by molar-refractivity contribution is 0.256. The summed E-state index contributed by atoms with van der Waals surface area (Å²) in [6.07, 6.45) is 5.48. The van der Waals surface area contributed by atoms with Crippen molar-refractivity contribution in [3.63, 3.8) is 0 Å². The lowest BCUT2D eigenvalue weighted by atomic mass is 10.2. The van der Waals surface area contributed by atoms with Crippen LogP contribution in [0.25, 0.3) is 0 Å². The predicted octanol–water partition coefficient (Wildman–Crippen LogP) is 0.385. The fourth-order valence-corrected chi connectivity index (χ4v) is 1.99. The molecule has 1 saturated carbocycles. The third-order valence-electron chi connectivity index (χ3n) is 2.34. The van der Waals surface area contributed by atoms with E-state index < -0.39 is 10.4 Å². The zero-order valence-electron chi connectivity index (χ0n) is 8.07. The third kappa shape index (κ3) is 5.54. The van der Waals surface area contributed by atoms with Gasteiger partial charge in [0, 0.05) is 6.04 Å². The van der Waals surface area contributed by atoms with Crippen molar-refractivity contribution in [1.82, 2.24) is 5.32 Å². The van der Waals surface area contributed by atoms with E-state index in [1.165, 1.54) is 25.7 Å². The van der Waals surface area contributed by atoms with Gasteiger partial charge in [-0.25, -0.2) is 8.42 Å². The molecule has 0 bridgehead atoms. The highest BCUT2D eigenvalue weighted by atomic mass is 32.3. The Morgan fingerprint density at radius 3 is 2.57 bits per heavy atom. The first-order valence-electron chi connectivity index (χ1n) is 4.91. The summed E-state index contributed by atoms with van der Waals surface area (Å²) in [7, 11) is -4.50. The molecule has 0 unspecified atom stereocenters. The lowest BCUT2D eigenvalue weighted by Gasteiger charge is -2.12. The zero-order chi connectivity index (χ0) is 10.4. The Hall–Kier alpha value is -0.170. The van der Waals surface area contributed by atoms with Crippen LogP contribution in [-0.4, -0.2) is 32.2 Å². The summed E-state index contributed by atoms with van der Waals surface area (Å²) >= 11 is 0.